The number of nitrogens with zero attached hydrogens (tertiary/aromatic N) is 3. The zero-order valence-electron chi connectivity index (χ0n) is 11.5. The molecule has 1 N–H and O–H groups in total. The minimum atomic E-state index is -3.35. The second kappa shape index (κ2) is 6.02. The molecule has 0 saturated carbocycles. The van der Waals surface area contributed by atoms with Crippen LogP contribution in [0, 0.1) is 5.92 Å². The Morgan fingerprint density at radius 3 is 2.95 bits per heavy atom. The predicted octanol–water partition coefficient (Wildman–Crippen LogP) is 0.523. The molecule has 0 aromatic carbocycles. The third-order valence-corrected chi connectivity index (χ3v) is 5.27. The van der Waals surface area contributed by atoms with Crippen molar-refractivity contribution < 1.29 is 8.42 Å². The molecule has 6 nitrogen and oxygen atoms in total. The SMILES string of the molecule is CNCCCn1cc(S(=O)(=O)N2CCC(C)C2)cn1. The van der Waals surface area contributed by atoms with Crippen LogP contribution in [0.4, 0.5) is 0 Å². The summed E-state index contributed by atoms with van der Waals surface area (Å²) >= 11 is 0. The van der Waals surface area contributed by atoms with Gasteiger partial charge in [0.2, 0.25) is 10.0 Å². The van der Waals surface area contributed by atoms with Gasteiger partial charge in [-0.3, -0.25) is 4.68 Å². The molecule has 1 aromatic rings. The monoisotopic (exact) mass is 286 g/mol. The van der Waals surface area contributed by atoms with Gasteiger partial charge in [0, 0.05) is 25.8 Å². The van der Waals surface area contributed by atoms with Crippen molar-refractivity contribution in [2.75, 3.05) is 26.7 Å². The molecule has 0 spiro atoms. The number of nitrogens with one attached hydrogen (secondary N) is 1. The lowest BCUT2D eigenvalue weighted by Crippen LogP contribution is -2.28. The van der Waals surface area contributed by atoms with Gasteiger partial charge in [-0.2, -0.15) is 9.40 Å². The molecular weight excluding hydrogens is 264 g/mol. The molecule has 19 heavy (non-hydrogen) atoms. The third kappa shape index (κ3) is 3.34. The summed E-state index contributed by atoms with van der Waals surface area (Å²) in [6.45, 7) is 4.94. The van der Waals surface area contributed by atoms with Gasteiger partial charge < -0.3 is 5.32 Å². The molecular formula is C12H22N4O2S. The van der Waals surface area contributed by atoms with Crippen LogP contribution >= 0.6 is 0 Å². The predicted molar refractivity (Wildman–Crippen MR) is 73.3 cm³/mol. The largest absolute Gasteiger partial charge is 0.320 e. The van der Waals surface area contributed by atoms with Crippen LogP contribution in [0.3, 0.4) is 0 Å². The summed E-state index contributed by atoms with van der Waals surface area (Å²) in [5, 5.41) is 7.18. The molecule has 1 unspecified atom stereocenters. The molecule has 1 saturated heterocycles. The fraction of sp³-hybridized carbons (Fsp3) is 0.750. The van der Waals surface area contributed by atoms with E-state index in [1.807, 2.05) is 7.05 Å². The van der Waals surface area contributed by atoms with Crippen molar-refractivity contribution in [3.05, 3.63) is 12.4 Å². The molecule has 108 valence electrons. The van der Waals surface area contributed by atoms with E-state index in [2.05, 4.69) is 17.3 Å². The van der Waals surface area contributed by atoms with Crippen molar-refractivity contribution in [2.24, 2.45) is 5.92 Å². The van der Waals surface area contributed by atoms with E-state index >= 15 is 0 Å². The van der Waals surface area contributed by atoms with E-state index in [4.69, 9.17) is 0 Å². The lowest BCUT2D eigenvalue weighted by atomic mass is 10.2. The first-order chi connectivity index (χ1) is 9.04. The van der Waals surface area contributed by atoms with Crippen LogP contribution < -0.4 is 5.32 Å². The van der Waals surface area contributed by atoms with Crippen LogP contribution in [0.15, 0.2) is 17.3 Å². The molecule has 1 aliphatic heterocycles. The number of sulfonamides is 1. The first kappa shape index (κ1) is 14.5. The smallest absolute Gasteiger partial charge is 0.246 e. The fourth-order valence-electron chi connectivity index (χ4n) is 2.28. The summed E-state index contributed by atoms with van der Waals surface area (Å²) in [6.07, 6.45) is 4.96. The zero-order chi connectivity index (χ0) is 13.9. The van der Waals surface area contributed by atoms with Gasteiger partial charge in [-0.15, -0.1) is 0 Å². The van der Waals surface area contributed by atoms with Crippen molar-refractivity contribution in [2.45, 2.75) is 31.2 Å². The van der Waals surface area contributed by atoms with Crippen molar-refractivity contribution in [3.63, 3.8) is 0 Å². The van der Waals surface area contributed by atoms with Gasteiger partial charge in [-0.1, -0.05) is 6.92 Å². The number of aryl methyl sites for hydroxylation is 1. The number of hydrogen-bond donors (Lipinski definition) is 1. The average molecular weight is 286 g/mol. The highest BCUT2D eigenvalue weighted by Gasteiger charge is 2.31. The molecule has 1 fully saturated rings. The van der Waals surface area contributed by atoms with E-state index in [9.17, 15) is 8.42 Å². The fourth-order valence-corrected chi connectivity index (χ4v) is 3.81. The minimum absolute atomic E-state index is 0.311. The quantitative estimate of drug-likeness (QED) is 0.774. The number of aromatic nitrogens is 2. The van der Waals surface area contributed by atoms with Crippen molar-refractivity contribution in [1.29, 1.82) is 0 Å². The van der Waals surface area contributed by atoms with Gasteiger partial charge in [-0.05, 0) is 32.4 Å². The lowest BCUT2D eigenvalue weighted by molar-refractivity contribution is 0.464. The van der Waals surface area contributed by atoms with E-state index in [0.717, 1.165) is 25.9 Å². The van der Waals surface area contributed by atoms with Crippen LogP contribution in [0.1, 0.15) is 19.8 Å². The molecule has 1 aromatic heterocycles. The molecule has 0 radical (unpaired) electrons. The summed E-state index contributed by atoms with van der Waals surface area (Å²) in [4.78, 5) is 0.311. The van der Waals surface area contributed by atoms with Gasteiger partial charge in [0.25, 0.3) is 0 Å². The van der Waals surface area contributed by atoms with Crippen molar-refractivity contribution in [3.8, 4) is 0 Å². The Hall–Kier alpha value is -0.920. The highest BCUT2D eigenvalue weighted by atomic mass is 32.2. The van der Waals surface area contributed by atoms with E-state index in [1.165, 1.54) is 6.20 Å². The first-order valence-electron chi connectivity index (χ1n) is 6.71. The Bertz CT molecular complexity index is 512. The first-order valence-corrected chi connectivity index (χ1v) is 8.15. The molecule has 2 rings (SSSR count). The van der Waals surface area contributed by atoms with E-state index in [-0.39, 0.29) is 0 Å². The van der Waals surface area contributed by atoms with Crippen molar-refractivity contribution >= 4 is 10.0 Å². The molecule has 7 heteroatoms. The second-order valence-electron chi connectivity index (χ2n) is 5.15. The Kier molecular flexibility index (Phi) is 4.59. The van der Waals surface area contributed by atoms with Crippen LogP contribution in [0.25, 0.3) is 0 Å². The number of hydrogen-bond acceptors (Lipinski definition) is 4. The van der Waals surface area contributed by atoms with E-state index < -0.39 is 10.0 Å². The standard InChI is InChI=1S/C12H22N4O2S/c1-11-4-7-16(9-11)19(17,18)12-8-14-15(10-12)6-3-5-13-2/h8,10-11,13H,3-7,9H2,1-2H3. The number of rotatable bonds is 6. The molecule has 2 heterocycles. The Labute approximate surface area is 114 Å². The maximum absolute atomic E-state index is 12.4. The molecule has 0 aliphatic carbocycles. The Morgan fingerprint density at radius 1 is 1.53 bits per heavy atom. The summed E-state index contributed by atoms with van der Waals surface area (Å²) in [6, 6.07) is 0. The van der Waals surface area contributed by atoms with Crippen LogP contribution in [-0.2, 0) is 16.6 Å². The zero-order valence-corrected chi connectivity index (χ0v) is 12.4. The summed E-state index contributed by atoms with van der Waals surface area (Å²) in [5.41, 5.74) is 0. The topological polar surface area (TPSA) is 67.2 Å². The van der Waals surface area contributed by atoms with E-state index in [0.29, 0.717) is 23.9 Å². The van der Waals surface area contributed by atoms with Gasteiger partial charge >= 0.3 is 0 Å². The molecule has 1 atom stereocenters. The average Bonchev–Trinajstić information content (AvgIpc) is 2.99. The van der Waals surface area contributed by atoms with Crippen LogP contribution in [0.5, 0.6) is 0 Å². The van der Waals surface area contributed by atoms with Crippen LogP contribution in [-0.4, -0.2) is 49.2 Å². The summed E-state index contributed by atoms with van der Waals surface area (Å²) in [5.74, 6) is 0.445. The minimum Gasteiger partial charge on any atom is -0.320 e. The molecule has 0 bridgehead atoms. The third-order valence-electron chi connectivity index (χ3n) is 3.45. The highest BCUT2D eigenvalue weighted by Crippen LogP contribution is 2.23. The van der Waals surface area contributed by atoms with Crippen molar-refractivity contribution in [1.82, 2.24) is 19.4 Å². The molecule has 0 amide bonds. The Balaban J connectivity index is 2.04. The van der Waals surface area contributed by atoms with Crippen LogP contribution in [0.2, 0.25) is 0 Å². The highest BCUT2D eigenvalue weighted by molar-refractivity contribution is 7.89. The van der Waals surface area contributed by atoms with E-state index in [1.54, 1.807) is 15.2 Å². The maximum Gasteiger partial charge on any atom is 0.246 e. The summed E-state index contributed by atoms with van der Waals surface area (Å²) in [7, 11) is -1.45. The normalized spacial score (nSPS) is 21.1. The summed E-state index contributed by atoms with van der Waals surface area (Å²) < 4.78 is 28.0. The lowest BCUT2D eigenvalue weighted by Gasteiger charge is -2.14. The maximum atomic E-state index is 12.4. The van der Waals surface area contributed by atoms with Gasteiger partial charge in [0.05, 0.1) is 6.20 Å². The van der Waals surface area contributed by atoms with Gasteiger partial charge in [-0.25, -0.2) is 8.42 Å². The molecule has 1 aliphatic rings. The second-order valence-corrected chi connectivity index (χ2v) is 7.09. The Morgan fingerprint density at radius 2 is 2.32 bits per heavy atom. The van der Waals surface area contributed by atoms with Gasteiger partial charge in [0.1, 0.15) is 4.90 Å². The van der Waals surface area contributed by atoms with Gasteiger partial charge in [0.15, 0.2) is 0 Å².